The minimum absolute atomic E-state index is 0.283. The molecule has 1 aromatic carbocycles. The molecule has 0 atom stereocenters. The smallest absolute Gasteiger partial charge is 0.165 e. The van der Waals surface area contributed by atoms with Crippen LogP contribution in [0.25, 0.3) is 0 Å². The van der Waals surface area contributed by atoms with Gasteiger partial charge < -0.3 is 4.74 Å². The Kier molecular flexibility index (Phi) is 4.22. The van der Waals surface area contributed by atoms with Crippen molar-refractivity contribution in [2.75, 3.05) is 12.4 Å². The maximum absolute atomic E-state index is 13.1. The van der Waals surface area contributed by atoms with Gasteiger partial charge in [0.2, 0.25) is 0 Å². The maximum Gasteiger partial charge on any atom is 0.165 e. The van der Waals surface area contributed by atoms with Crippen molar-refractivity contribution < 1.29 is 9.13 Å². The zero-order chi connectivity index (χ0) is 9.68. The number of hydrogen-bond acceptors (Lipinski definition) is 1. The lowest BCUT2D eigenvalue weighted by atomic mass is 10.1. The lowest BCUT2D eigenvalue weighted by molar-refractivity contribution is 0.381. The van der Waals surface area contributed by atoms with Crippen molar-refractivity contribution in [3.63, 3.8) is 0 Å². The van der Waals surface area contributed by atoms with Crippen molar-refractivity contribution in [3.8, 4) is 5.75 Å². The topological polar surface area (TPSA) is 9.23 Å². The lowest BCUT2D eigenvalue weighted by Gasteiger charge is -2.07. The van der Waals surface area contributed by atoms with E-state index in [4.69, 9.17) is 4.74 Å². The summed E-state index contributed by atoms with van der Waals surface area (Å²) >= 11 is 3.34. The third-order valence-corrected chi connectivity index (χ3v) is 2.39. The van der Waals surface area contributed by atoms with Gasteiger partial charge in [-0.15, -0.1) is 0 Å². The van der Waals surface area contributed by atoms with Gasteiger partial charge in [-0.05, 0) is 24.5 Å². The highest BCUT2D eigenvalue weighted by molar-refractivity contribution is 9.09. The van der Waals surface area contributed by atoms with Gasteiger partial charge in [-0.3, -0.25) is 0 Å². The van der Waals surface area contributed by atoms with Crippen molar-refractivity contribution in [2.24, 2.45) is 0 Å². The van der Waals surface area contributed by atoms with Crippen LogP contribution >= 0.6 is 15.9 Å². The molecule has 0 aliphatic heterocycles. The Balaban J connectivity index is 2.85. The Morgan fingerprint density at radius 1 is 1.46 bits per heavy atom. The second-order valence-electron chi connectivity index (χ2n) is 2.72. The van der Waals surface area contributed by atoms with Gasteiger partial charge in [-0.2, -0.15) is 0 Å². The van der Waals surface area contributed by atoms with Crippen LogP contribution in [0.2, 0.25) is 0 Å². The molecule has 0 saturated carbocycles. The molecule has 1 aromatic rings. The monoisotopic (exact) mass is 246 g/mol. The molecule has 0 unspecified atom stereocenters. The molecule has 0 radical (unpaired) electrons. The van der Waals surface area contributed by atoms with Gasteiger partial charge in [0, 0.05) is 5.33 Å². The molecule has 0 saturated heterocycles. The molecule has 0 spiro atoms. The summed E-state index contributed by atoms with van der Waals surface area (Å²) in [6, 6.07) is 5.02. The van der Waals surface area contributed by atoms with Gasteiger partial charge in [-0.1, -0.05) is 28.1 Å². The Hall–Kier alpha value is -0.570. The number of hydrogen-bond donors (Lipinski definition) is 0. The minimum Gasteiger partial charge on any atom is -0.493 e. The van der Waals surface area contributed by atoms with Crippen LogP contribution in [0.5, 0.6) is 5.75 Å². The van der Waals surface area contributed by atoms with Crippen LogP contribution in [0.4, 0.5) is 4.39 Å². The fraction of sp³-hybridized carbons (Fsp3) is 0.400. The molecule has 1 rings (SSSR count). The minimum atomic E-state index is -0.283. The Labute approximate surface area is 86.0 Å². The van der Waals surface area contributed by atoms with E-state index in [0.29, 0.717) is 5.75 Å². The van der Waals surface area contributed by atoms with Crippen LogP contribution in [-0.4, -0.2) is 12.4 Å². The van der Waals surface area contributed by atoms with Crippen molar-refractivity contribution in [3.05, 3.63) is 29.6 Å². The van der Waals surface area contributed by atoms with Crippen LogP contribution in [0, 0.1) is 5.82 Å². The van der Waals surface area contributed by atoms with Crippen LogP contribution in [0.1, 0.15) is 12.0 Å². The van der Waals surface area contributed by atoms with Gasteiger partial charge in [0.1, 0.15) is 0 Å². The van der Waals surface area contributed by atoms with E-state index in [2.05, 4.69) is 15.9 Å². The molecule has 0 bridgehead atoms. The number of benzene rings is 1. The molecule has 0 heterocycles. The quantitative estimate of drug-likeness (QED) is 0.742. The van der Waals surface area contributed by atoms with Crippen LogP contribution in [0.15, 0.2) is 18.2 Å². The first-order valence-electron chi connectivity index (χ1n) is 4.17. The number of methoxy groups -OCH3 is 1. The average molecular weight is 247 g/mol. The van der Waals surface area contributed by atoms with Gasteiger partial charge >= 0.3 is 0 Å². The number of rotatable bonds is 4. The molecule has 0 N–H and O–H groups in total. The van der Waals surface area contributed by atoms with E-state index < -0.39 is 0 Å². The fourth-order valence-electron chi connectivity index (χ4n) is 1.24. The first-order valence-corrected chi connectivity index (χ1v) is 5.29. The number of aryl methyl sites for hydroxylation is 1. The molecule has 0 amide bonds. The predicted octanol–water partition coefficient (Wildman–Crippen LogP) is 3.16. The maximum atomic E-state index is 13.1. The number of alkyl halides is 1. The summed E-state index contributed by atoms with van der Waals surface area (Å²) in [5, 5.41) is 0.923. The van der Waals surface area contributed by atoms with Gasteiger partial charge in [-0.25, -0.2) is 4.39 Å². The summed E-state index contributed by atoms with van der Waals surface area (Å²) in [6.07, 6.45) is 1.83. The van der Waals surface area contributed by atoms with Crippen molar-refractivity contribution in [1.29, 1.82) is 0 Å². The average Bonchev–Trinajstić information content (AvgIpc) is 2.15. The molecule has 0 fully saturated rings. The Morgan fingerprint density at radius 3 is 2.85 bits per heavy atom. The van der Waals surface area contributed by atoms with Gasteiger partial charge in [0.25, 0.3) is 0 Å². The summed E-state index contributed by atoms with van der Waals surface area (Å²) in [6.45, 7) is 0. The third kappa shape index (κ3) is 2.69. The van der Waals surface area contributed by atoms with E-state index in [9.17, 15) is 4.39 Å². The fourth-order valence-corrected chi connectivity index (χ4v) is 1.52. The second kappa shape index (κ2) is 5.22. The SMILES string of the molecule is COc1c(F)cccc1CCCBr. The van der Waals surface area contributed by atoms with Crippen LogP contribution in [0.3, 0.4) is 0 Å². The molecule has 0 aromatic heterocycles. The summed E-state index contributed by atoms with van der Waals surface area (Å²) in [4.78, 5) is 0. The van der Waals surface area contributed by atoms with Crippen molar-refractivity contribution in [1.82, 2.24) is 0 Å². The standard InChI is InChI=1S/C10H12BrFO/c1-13-10-8(5-3-7-11)4-2-6-9(10)12/h2,4,6H,3,5,7H2,1H3. The molecule has 1 nitrogen and oxygen atoms in total. The highest BCUT2D eigenvalue weighted by Gasteiger charge is 2.07. The molecule has 0 aliphatic rings. The number of ether oxygens (including phenoxy) is 1. The van der Waals surface area contributed by atoms with Gasteiger partial charge in [0.15, 0.2) is 11.6 Å². The molecule has 13 heavy (non-hydrogen) atoms. The highest BCUT2D eigenvalue weighted by atomic mass is 79.9. The molecular weight excluding hydrogens is 235 g/mol. The summed E-state index contributed by atoms with van der Waals surface area (Å²) < 4.78 is 18.1. The van der Waals surface area contributed by atoms with Gasteiger partial charge in [0.05, 0.1) is 7.11 Å². The van der Waals surface area contributed by atoms with Crippen molar-refractivity contribution >= 4 is 15.9 Å². The molecule has 3 heteroatoms. The van der Waals surface area contributed by atoms with Crippen LogP contribution < -0.4 is 4.74 Å². The summed E-state index contributed by atoms with van der Waals surface area (Å²) in [5.41, 5.74) is 0.932. The van der Waals surface area contributed by atoms with Crippen molar-refractivity contribution in [2.45, 2.75) is 12.8 Å². The second-order valence-corrected chi connectivity index (χ2v) is 3.52. The zero-order valence-corrected chi connectivity index (χ0v) is 9.10. The van der Waals surface area contributed by atoms with E-state index in [1.807, 2.05) is 6.07 Å². The summed E-state index contributed by atoms with van der Waals surface area (Å²) in [5.74, 6) is 0.0954. The van der Waals surface area contributed by atoms with E-state index >= 15 is 0 Å². The van der Waals surface area contributed by atoms with E-state index in [1.54, 1.807) is 6.07 Å². The Morgan fingerprint density at radius 2 is 2.23 bits per heavy atom. The van der Waals surface area contributed by atoms with E-state index in [-0.39, 0.29) is 5.82 Å². The number of halogens is 2. The first-order chi connectivity index (χ1) is 6.29. The lowest BCUT2D eigenvalue weighted by Crippen LogP contribution is -1.95. The molecule has 72 valence electrons. The van der Waals surface area contributed by atoms with E-state index in [0.717, 1.165) is 23.7 Å². The predicted molar refractivity (Wildman–Crippen MR) is 55.1 cm³/mol. The Bertz CT molecular complexity index is 276. The third-order valence-electron chi connectivity index (χ3n) is 1.83. The molecule has 0 aliphatic carbocycles. The van der Waals surface area contributed by atoms with Crippen LogP contribution in [-0.2, 0) is 6.42 Å². The molecular formula is C10H12BrFO. The van der Waals surface area contributed by atoms with E-state index in [1.165, 1.54) is 13.2 Å². The first kappa shape index (κ1) is 10.5. The zero-order valence-electron chi connectivity index (χ0n) is 7.52. The normalized spacial score (nSPS) is 10.1. The number of para-hydroxylation sites is 1. The highest BCUT2D eigenvalue weighted by Crippen LogP contribution is 2.23. The largest absolute Gasteiger partial charge is 0.493 e. The summed E-state index contributed by atoms with van der Waals surface area (Å²) in [7, 11) is 1.50.